The molecule has 1 heterocycles. The fourth-order valence-corrected chi connectivity index (χ4v) is 1.92. The highest BCUT2D eigenvalue weighted by atomic mass is 16.5. The van der Waals surface area contributed by atoms with Crippen LogP contribution in [0.1, 0.15) is 40.0 Å². The molecule has 0 spiro atoms. The van der Waals surface area contributed by atoms with E-state index in [9.17, 15) is 0 Å². The minimum absolute atomic E-state index is 0.00873. The van der Waals surface area contributed by atoms with Crippen LogP contribution >= 0.6 is 0 Å². The van der Waals surface area contributed by atoms with Crippen LogP contribution in [0.3, 0.4) is 0 Å². The third-order valence-corrected chi connectivity index (χ3v) is 2.72. The lowest BCUT2D eigenvalue weighted by Gasteiger charge is -2.07. The Morgan fingerprint density at radius 2 is 2.08 bits per heavy atom. The summed E-state index contributed by atoms with van der Waals surface area (Å²) in [6, 6.07) is 0. The number of hydrogen-bond donors (Lipinski definition) is 0. The zero-order valence-corrected chi connectivity index (χ0v) is 8.68. The summed E-state index contributed by atoms with van der Waals surface area (Å²) in [6.45, 7) is 7.16. The number of ether oxygens (including phenoxy) is 1. The summed E-state index contributed by atoms with van der Waals surface area (Å²) in [7, 11) is 0. The van der Waals surface area contributed by atoms with Crippen molar-refractivity contribution in [3.8, 4) is 0 Å². The second kappa shape index (κ2) is 2.86. The molecule has 1 aliphatic carbocycles. The minimum Gasteiger partial charge on any atom is -0.475 e. The van der Waals surface area contributed by atoms with Gasteiger partial charge < -0.3 is 4.74 Å². The zero-order chi connectivity index (χ0) is 9.47. The minimum atomic E-state index is -0.00873. The topological polar surface area (TPSA) is 21.6 Å². The third kappa shape index (κ3) is 1.62. The molecule has 2 rings (SSSR count). The van der Waals surface area contributed by atoms with Crippen LogP contribution in [0, 0.1) is 0 Å². The first-order chi connectivity index (χ1) is 6.08. The summed E-state index contributed by atoms with van der Waals surface area (Å²) in [4.78, 5) is 4.59. The smallest absolute Gasteiger partial charge is 0.212 e. The Kier molecular flexibility index (Phi) is 1.94. The van der Waals surface area contributed by atoms with E-state index in [-0.39, 0.29) is 5.54 Å². The Bertz CT molecular complexity index is 286. The molecule has 0 saturated carbocycles. The molecule has 0 amide bonds. The molecule has 0 aromatic rings. The summed E-state index contributed by atoms with van der Waals surface area (Å²) in [5.41, 5.74) is 2.83. The van der Waals surface area contributed by atoms with Gasteiger partial charge in [-0.1, -0.05) is 5.57 Å². The highest BCUT2D eigenvalue weighted by Gasteiger charge is 2.29. The van der Waals surface area contributed by atoms with Crippen LogP contribution in [0.2, 0.25) is 0 Å². The van der Waals surface area contributed by atoms with Crippen molar-refractivity contribution in [2.24, 2.45) is 4.99 Å². The van der Waals surface area contributed by atoms with Gasteiger partial charge >= 0.3 is 0 Å². The SMILES string of the molecule is CC1=C(C2=NC(C)(C)CO2)CCC1. The van der Waals surface area contributed by atoms with Crippen LogP contribution in [0.15, 0.2) is 16.1 Å². The van der Waals surface area contributed by atoms with E-state index in [1.807, 2.05) is 0 Å². The van der Waals surface area contributed by atoms with Gasteiger partial charge in [0.2, 0.25) is 5.90 Å². The molecule has 1 aliphatic heterocycles. The van der Waals surface area contributed by atoms with Crippen LogP contribution < -0.4 is 0 Å². The first-order valence-electron chi connectivity index (χ1n) is 5.00. The molecular weight excluding hydrogens is 162 g/mol. The Morgan fingerprint density at radius 1 is 1.31 bits per heavy atom. The largest absolute Gasteiger partial charge is 0.475 e. The van der Waals surface area contributed by atoms with E-state index in [0.29, 0.717) is 0 Å². The van der Waals surface area contributed by atoms with E-state index in [2.05, 4.69) is 25.8 Å². The lowest BCUT2D eigenvalue weighted by atomic mass is 10.1. The van der Waals surface area contributed by atoms with Crippen LogP contribution in [0.25, 0.3) is 0 Å². The normalized spacial score (nSPS) is 26.2. The predicted octanol–water partition coefficient (Wildman–Crippen LogP) is 2.69. The fraction of sp³-hybridized carbons (Fsp3) is 0.727. The van der Waals surface area contributed by atoms with Gasteiger partial charge in [-0.3, -0.25) is 0 Å². The molecule has 0 fully saturated rings. The van der Waals surface area contributed by atoms with Crippen molar-refractivity contribution in [1.82, 2.24) is 0 Å². The van der Waals surface area contributed by atoms with Gasteiger partial charge in [-0.15, -0.1) is 0 Å². The lowest BCUT2D eigenvalue weighted by molar-refractivity contribution is 0.278. The van der Waals surface area contributed by atoms with Gasteiger partial charge in [0.15, 0.2) is 0 Å². The van der Waals surface area contributed by atoms with Crippen molar-refractivity contribution >= 4 is 5.90 Å². The first-order valence-corrected chi connectivity index (χ1v) is 5.00. The number of nitrogens with zero attached hydrogens (tertiary/aromatic N) is 1. The molecule has 0 aromatic heterocycles. The molecule has 0 unspecified atom stereocenters. The van der Waals surface area contributed by atoms with E-state index < -0.39 is 0 Å². The van der Waals surface area contributed by atoms with Crippen molar-refractivity contribution in [1.29, 1.82) is 0 Å². The summed E-state index contributed by atoms with van der Waals surface area (Å²) in [5.74, 6) is 0.917. The maximum atomic E-state index is 5.61. The van der Waals surface area contributed by atoms with E-state index in [1.165, 1.54) is 24.0 Å². The Balaban J connectivity index is 2.24. The number of rotatable bonds is 1. The standard InChI is InChI=1S/C11H17NO/c1-8-5-4-6-9(8)10-12-11(2,3)7-13-10/h4-7H2,1-3H3. The molecule has 0 radical (unpaired) electrons. The van der Waals surface area contributed by atoms with E-state index in [4.69, 9.17) is 4.74 Å². The first kappa shape index (κ1) is 8.79. The summed E-state index contributed by atoms with van der Waals surface area (Å²) >= 11 is 0. The Morgan fingerprint density at radius 3 is 2.54 bits per heavy atom. The molecule has 2 heteroatoms. The van der Waals surface area contributed by atoms with Gasteiger partial charge in [-0.25, -0.2) is 4.99 Å². The average molecular weight is 179 g/mol. The second-order valence-electron chi connectivity index (χ2n) is 4.63. The molecule has 72 valence electrons. The van der Waals surface area contributed by atoms with E-state index in [1.54, 1.807) is 0 Å². The molecule has 0 bridgehead atoms. The summed E-state index contributed by atoms with van der Waals surface area (Å²) in [6.07, 6.45) is 3.64. The van der Waals surface area contributed by atoms with Gasteiger partial charge in [0.25, 0.3) is 0 Å². The van der Waals surface area contributed by atoms with Gasteiger partial charge in [0.1, 0.15) is 6.61 Å². The van der Waals surface area contributed by atoms with Crippen molar-refractivity contribution in [3.63, 3.8) is 0 Å². The number of allylic oxidation sites excluding steroid dienone is 1. The molecule has 0 atom stereocenters. The fourth-order valence-electron chi connectivity index (χ4n) is 1.92. The van der Waals surface area contributed by atoms with E-state index >= 15 is 0 Å². The maximum Gasteiger partial charge on any atom is 0.212 e. The molecule has 0 aromatic carbocycles. The molecule has 2 aliphatic rings. The van der Waals surface area contributed by atoms with Crippen molar-refractivity contribution < 1.29 is 4.74 Å². The molecule has 0 saturated heterocycles. The van der Waals surface area contributed by atoms with Crippen molar-refractivity contribution in [3.05, 3.63) is 11.1 Å². The summed E-state index contributed by atoms with van der Waals surface area (Å²) in [5, 5.41) is 0. The maximum absolute atomic E-state index is 5.61. The van der Waals surface area contributed by atoms with Crippen LogP contribution in [0.5, 0.6) is 0 Å². The summed E-state index contributed by atoms with van der Waals surface area (Å²) < 4.78 is 5.61. The molecule has 13 heavy (non-hydrogen) atoms. The van der Waals surface area contributed by atoms with Crippen molar-refractivity contribution in [2.45, 2.75) is 45.6 Å². The van der Waals surface area contributed by atoms with Gasteiger partial charge in [0, 0.05) is 5.57 Å². The highest BCUT2D eigenvalue weighted by Crippen LogP contribution is 2.30. The average Bonchev–Trinajstić information content (AvgIpc) is 2.56. The van der Waals surface area contributed by atoms with Crippen LogP contribution in [0.4, 0.5) is 0 Å². The zero-order valence-electron chi connectivity index (χ0n) is 8.68. The predicted molar refractivity (Wildman–Crippen MR) is 54.0 cm³/mol. The molecular formula is C11H17NO. The number of aliphatic imine (C=N–C) groups is 1. The molecule has 2 nitrogen and oxygen atoms in total. The van der Waals surface area contributed by atoms with E-state index in [0.717, 1.165) is 18.9 Å². The van der Waals surface area contributed by atoms with Gasteiger partial charge in [-0.2, -0.15) is 0 Å². The van der Waals surface area contributed by atoms with Crippen LogP contribution in [-0.2, 0) is 4.74 Å². The quantitative estimate of drug-likeness (QED) is 0.606. The van der Waals surface area contributed by atoms with Crippen molar-refractivity contribution in [2.75, 3.05) is 6.61 Å². The lowest BCUT2D eigenvalue weighted by Crippen LogP contribution is -2.17. The van der Waals surface area contributed by atoms with Gasteiger partial charge in [0.05, 0.1) is 5.54 Å². The Labute approximate surface area is 79.7 Å². The molecule has 0 N–H and O–H groups in total. The highest BCUT2D eigenvalue weighted by molar-refractivity contribution is 5.96. The third-order valence-electron chi connectivity index (χ3n) is 2.72. The van der Waals surface area contributed by atoms with Crippen LogP contribution in [-0.4, -0.2) is 18.0 Å². The monoisotopic (exact) mass is 179 g/mol. The second-order valence-corrected chi connectivity index (χ2v) is 4.63. The Hall–Kier alpha value is -0.790. The number of hydrogen-bond acceptors (Lipinski definition) is 2. The van der Waals surface area contributed by atoms with Gasteiger partial charge in [-0.05, 0) is 40.0 Å².